The Morgan fingerprint density at radius 1 is 1.29 bits per heavy atom. The first-order valence-electron chi connectivity index (χ1n) is 7.03. The first kappa shape index (κ1) is 14.8. The minimum Gasteiger partial charge on any atom is -0.387 e. The molecule has 2 heterocycles. The SMILES string of the molecule is OC(CN1CCN(c2nccs2)CC1)c1cccc(Cl)c1. The van der Waals surface area contributed by atoms with E-state index in [1.807, 2.05) is 35.8 Å². The first-order chi connectivity index (χ1) is 10.2. The van der Waals surface area contributed by atoms with Gasteiger partial charge >= 0.3 is 0 Å². The fraction of sp³-hybridized carbons (Fsp3) is 0.400. The van der Waals surface area contributed by atoms with Crippen molar-refractivity contribution in [3.63, 3.8) is 0 Å². The van der Waals surface area contributed by atoms with Crippen molar-refractivity contribution < 1.29 is 5.11 Å². The lowest BCUT2D eigenvalue weighted by molar-refractivity contribution is 0.109. The van der Waals surface area contributed by atoms with Crippen molar-refractivity contribution in [3.8, 4) is 0 Å². The molecular formula is C15H18ClN3OS. The van der Waals surface area contributed by atoms with Crippen molar-refractivity contribution in [3.05, 3.63) is 46.4 Å². The topological polar surface area (TPSA) is 39.6 Å². The van der Waals surface area contributed by atoms with E-state index >= 15 is 0 Å². The number of aliphatic hydroxyl groups excluding tert-OH is 1. The minimum atomic E-state index is -0.491. The molecule has 1 aromatic heterocycles. The van der Waals surface area contributed by atoms with Crippen LogP contribution in [0.15, 0.2) is 35.8 Å². The molecule has 112 valence electrons. The van der Waals surface area contributed by atoms with E-state index in [1.165, 1.54) is 0 Å². The monoisotopic (exact) mass is 323 g/mol. The van der Waals surface area contributed by atoms with Gasteiger partial charge in [0.1, 0.15) is 0 Å². The van der Waals surface area contributed by atoms with Crippen molar-refractivity contribution in [1.29, 1.82) is 0 Å². The molecule has 0 aliphatic carbocycles. The van der Waals surface area contributed by atoms with E-state index in [0.29, 0.717) is 11.6 Å². The molecule has 4 nitrogen and oxygen atoms in total. The highest BCUT2D eigenvalue weighted by atomic mass is 35.5. The van der Waals surface area contributed by atoms with E-state index in [-0.39, 0.29) is 0 Å². The maximum atomic E-state index is 10.3. The summed E-state index contributed by atoms with van der Waals surface area (Å²) in [6.45, 7) is 4.44. The normalized spacial score (nSPS) is 17.9. The van der Waals surface area contributed by atoms with Crippen LogP contribution < -0.4 is 4.90 Å². The average Bonchev–Trinajstić information content (AvgIpc) is 3.02. The summed E-state index contributed by atoms with van der Waals surface area (Å²) in [6, 6.07) is 7.45. The molecule has 1 unspecified atom stereocenters. The van der Waals surface area contributed by atoms with Crippen LogP contribution in [0.3, 0.4) is 0 Å². The number of β-amino-alcohol motifs (C(OH)–C–C–N with tert-alkyl or cyclic N) is 1. The van der Waals surface area contributed by atoms with Crippen LogP contribution >= 0.6 is 22.9 Å². The number of aromatic nitrogens is 1. The molecule has 0 amide bonds. The van der Waals surface area contributed by atoms with Crippen LogP contribution in [0.1, 0.15) is 11.7 Å². The maximum Gasteiger partial charge on any atom is 0.185 e. The lowest BCUT2D eigenvalue weighted by atomic mass is 10.1. The molecule has 0 bridgehead atoms. The second kappa shape index (κ2) is 6.75. The number of rotatable bonds is 4. The smallest absolute Gasteiger partial charge is 0.185 e. The zero-order chi connectivity index (χ0) is 14.7. The van der Waals surface area contributed by atoms with Crippen LogP contribution in [0.2, 0.25) is 5.02 Å². The number of hydrogen-bond acceptors (Lipinski definition) is 5. The lowest BCUT2D eigenvalue weighted by Gasteiger charge is -2.35. The summed E-state index contributed by atoms with van der Waals surface area (Å²) in [5.41, 5.74) is 0.879. The summed E-state index contributed by atoms with van der Waals surface area (Å²) in [7, 11) is 0. The lowest BCUT2D eigenvalue weighted by Crippen LogP contribution is -2.47. The highest BCUT2D eigenvalue weighted by Crippen LogP contribution is 2.21. The van der Waals surface area contributed by atoms with Crippen LogP contribution in [-0.4, -0.2) is 47.7 Å². The van der Waals surface area contributed by atoms with E-state index in [0.717, 1.165) is 36.9 Å². The second-order valence-corrected chi connectivity index (χ2v) is 6.48. The molecule has 21 heavy (non-hydrogen) atoms. The summed E-state index contributed by atoms with van der Waals surface area (Å²) in [5.74, 6) is 0. The Labute approximate surface area is 133 Å². The van der Waals surface area contributed by atoms with Crippen molar-refractivity contribution in [2.24, 2.45) is 0 Å². The number of benzene rings is 1. The van der Waals surface area contributed by atoms with Crippen molar-refractivity contribution in [2.45, 2.75) is 6.10 Å². The molecule has 0 radical (unpaired) electrons. The molecule has 3 rings (SSSR count). The zero-order valence-electron chi connectivity index (χ0n) is 11.7. The Balaban J connectivity index is 1.53. The predicted octanol–water partition coefficient (Wildman–Crippen LogP) is 2.65. The van der Waals surface area contributed by atoms with Gasteiger partial charge in [-0.15, -0.1) is 11.3 Å². The maximum absolute atomic E-state index is 10.3. The number of piperazine rings is 1. The number of halogens is 1. The molecule has 1 N–H and O–H groups in total. The Bertz CT molecular complexity index is 570. The predicted molar refractivity (Wildman–Crippen MR) is 87.2 cm³/mol. The Kier molecular flexibility index (Phi) is 4.75. The van der Waals surface area contributed by atoms with Gasteiger partial charge in [-0.3, -0.25) is 4.90 Å². The van der Waals surface area contributed by atoms with Gasteiger partial charge in [0.15, 0.2) is 5.13 Å². The summed E-state index contributed by atoms with van der Waals surface area (Å²) < 4.78 is 0. The summed E-state index contributed by atoms with van der Waals surface area (Å²) in [5, 5.41) is 14.1. The molecule has 1 atom stereocenters. The molecule has 1 fully saturated rings. The van der Waals surface area contributed by atoms with Crippen molar-refractivity contribution >= 4 is 28.1 Å². The standard InChI is InChI=1S/C15H18ClN3OS/c16-13-3-1-2-12(10-13)14(20)11-18-5-7-19(8-6-18)15-17-4-9-21-15/h1-4,9-10,14,20H,5-8,11H2. The van der Waals surface area contributed by atoms with Crippen LogP contribution in [0.5, 0.6) is 0 Å². The van der Waals surface area contributed by atoms with Gasteiger partial charge in [0.2, 0.25) is 0 Å². The van der Waals surface area contributed by atoms with Crippen LogP contribution in [-0.2, 0) is 0 Å². The van der Waals surface area contributed by atoms with E-state index in [4.69, 9.17) is 11.6 Å². The summed E-state index contributed by atoms with van der Waals surface area (Å²) in [6.07, 6.45) is 1.35. The van der Waals surface area contributed by atoms with Gasteiger partial charge in [-0.05, 0) is 17.7 Å². The minimum absolute atomic E-state index is 0.491. The average molecular weight is 324 g/mol. The third-order valence-corrected chi connectivity index (χ3v) is 4.79. The summed E-state index contributed by atoms with van der Waals surface area (Å²) >= 11 is 7.65. The number of thiazole rings is 1. The van der Waals surface area contributed by atoms with Crippen LogP contribution in [0.4, 0.5) is 5.13 Å². The molecule has 1 aliphatic heterocycles. The fourth-order valence-electron chi connectivity index (χ4n) is 2.56. The highest BCUT2D eigenvalue weighted by molar-refractivity contribution is 7.13. The Hall–Kier alpha value is -1.14. The second-order valence-electron chi connectivity index (χ2n) is 5.17. The molecule has 6 heteroatoms. The number of nitrogens with zero attached hydrogens (tertiary/aromatic N) is 3. The van der Waals surface area contributed by atoms with Gasteiger partial charge in [-0.1, -0.05) is 23.7 Å². The highest BCUT2D eigenvalue weighted by Gasteiger charge is 2.21. The molecule has 1 aromatic carbocycles. The molecule has 1 saturated heterocycles. The van der Waals surface area contributed by atoms with E-state index in [1.54, 1.807) is 11.3 Å². The number of hydrogen-bond donors (Lipinski definition) is 1. The van der Waals surface area contributed by atoms with Gasteiger partial charge in [-0.25, -0.2) is 4.98 Å². The first-order valence-corrected chi connectivity index (χ1v) is 8.28. The molecule has 0 saturated carbocycles. The van der Waals surface area contributed by atoms with Crippen molar-refractivity contribution in [2.75, 3.05) is 37.6 Å². The Morgan fingerprint density at radius 2 is 2.10 bits per heavy atom. The third kappa shape index (κ3) is 3.74. The fourth-order valence-corrected chi connectivity index (χ4v) is 3.45. The van der Waals surface area contributed by atoms with Gasteiger partial charge in [-0.2, -0.15) is 0 Å². The van der Waals surface area contributed by atoms with Gasteiger partial charge in [0.25, 0.3) is 0 Å². The van der Waals surface area contributed by atoms with E-state index in [2.05, 4.69) is 14.8 Å². The zero-order valence-corrected chi connectivity index (χ0v) is 13.2. The van der Waals surface area contributed by atoms with Gasteiger partial charge in [0.05, 0.1) is 6.10 Å². The molecular weight excluding hydrogens is 306 g/mol. The number of anilines is 1. The van der Waals surface area contributed by atoms with Gasteiger partial charge in [0, 0.05) is 49.3 Å². The summed E-state index contributed by atoms with van der Waals surface area (Å²) in [4.78, 5) is 8.93. The Morgan fingerprint density at radius 3 is 2.76 bits per heavy atom. The van der Waals surface area contributed by atoms with Crippen LogP contribution in [0.25, 0.3) is 0 Å². The van der Waals surface area contributed by atoms with E-state index < -0.39 is 6.10 Å². The third-order valence-electron chi connectivity index (χ3n) is 3.73. The molecule has 2 aromatic rings. The van der Waals surface area contributed by atoms with E-state index in [9.17, 15) is 5.11 Å². The number of aliphatic hydroxyl groups is 1. The quantitative estimate of drug-likeness (QED) is 0.939. The molecule has 0 spiro atoms. The van der Waals surface area contributed by atoms with Crippen molar-refractivity contribution in [1.82, 2.24) is 9.88 Å². The van der Waals surface area contributed by atoms with Crippen LogP contribution in [0, 0.1) is 0 Å². The van der Waals surface area contributed by atoms with Gasteiger partial charge < -0.3 is 10.0 Å². The molecule has 1 aliphatic rings. The largest absolute Gasteiger partial charge is 0.387 e.